The molecular weight excluding hydrogens is 238 g/mol. The number of imidazole rings is 1. The topological polar surface area (TPSA) is 53.7 Å². The van der Waals surface area contributed by atoms with Crippen LogP contribution in [-0.4, -0.2) is 51.1 Å². The molecule has 1 aliphatic heterocycles. The number of fused-ring (bicyclic) bond motifs is 3. The van der Waals surface area contributed by atoms with E-state index in [0.29, 0.717) is 6.54 Å². The summed E-state index contributed by atoms with van der Waals surface area (Å²) in [6, 6.07) is 0.0424. The third kappa shape index (κ3) is 1.57. The van der Waals surface area contributed by atoms with Crippen molar-refractivity contribution in [2.45, 2.75) is 13.0 Å². The van der Waals surface area contributed by atoms with Gasteiger partial charge in [0.15, 0.2) is 0 Å². The molecule has 2 aromatic heterocycles. The van der Waals surface area contributed by atoms with Crippen molar-refractivity contribution in [2.75, 3.05) is 20.6 Å². The standard InChI is InChI=1S/C10H13N5OS/c1-13(2)10(16)14-4-3-7-8(5-14)15-9(12-7)17-6-11-15/h6H,3-5H2,1-2H3. The van der Waals surface area contributed by atoms with E-state index in [1.165, 1.54) is 11.3 Å². The maximum absolute atomic E-state index is 11.9. The van der Waals surface area contributed by atoms with Gasteiger partial charge in [-0.3, -0.25) is 0 Å². The summed E-state index contributed by atoms with van der Waals surface area (Å²) in [7, 11) is 3.54. The van der Waals surface area contributed by atoms with Crippen LogP contribution in [-0.2, 0) is 13.0 Å². The highest BCUT2D eigenvalue weighted by Crippen LogP contribution is 2.22. The number of nitrogens with zero attached hydrogens (tertiary/aromatic N) is 5. The number of carbonyl (C=O) groups excluding carboxylic acids is 1. The largest absolute Gasteiger partial charge is 0.331 e. The van der Waals surface area contributed by atoms with Crippen molar-refractivity contribution < 1.29 is 4.79 Å². The lowest BCUT2D eigenvalue weighted by molar-refractivity contribution is 0.164. The molecular formula is C10H13N5OS. The van der Waals surface area contributed by atoms with Gasteiger partial charge in [-0.1, -0.05) is 11.3 Å². The van der Waals surface area contributed by atoms with Crippen LogP contribution in [0.3, 0.4) is 0 Å². The lowest BCUT2D eigenvalue weighted by Gasteiger charge is -2.28. The van der Waals surface area contributed by atoms with Crippen LogP contribution in [0.1, 0.15) is 11.4 Å². The molecule has 0 N–H and O–H groups in total. The molecule has 6 nitrogen and oxygen atoms in total. The number of carbonyl (C=O) groups is 1. The van der Waals surface area contributed by atoms with Crippen molar-refractivity contribution in [3.8, 4) is 0 Å². The van der Waals surface area contributed by atoms with Crippen molar-refractivity contribution in [1.29, 1.82) is 0 Å². The zero-order valence-corrected chi connectivity index (χ0v) is 10.6. The summed E-state index contributed by atoms with van der Waals surface area (Å²) in [5.74, 6) is 0. The summed E-state index contributed by atoms with van der Waals surface area (Å²) >= 11 is 1.52. The highest BCUT2D eigenvalue weighted by Gasteiger charge is 2.26. The van der Waals surface area contributed by atoms with E-state index in [4.69, 9.17) is 0 Å². The van der Waals surface area contributed by atoms with Gasteiger partial charge >= 0.3 is 6.03 Å². The molecule has 2 amide bonds. The maximum Gasteiger partial charge on any atom is 0.319 e. The van der Waals surface area contributed by atoms with Crippen LogP contribution in [0.5, 0.6) is 0 Å². The minimum atomic E-state index is 0.0424. The molecule has 17 heavy (non-hydrogen) atoms. The van der Waals surface area contributed by atoms with Gasteiger partial charge in [0.25, 0.3) is 0 Å². The molecule has 90 valence electrons. The Labute approximate surface area is 102 Å². The smallest absolute Gasteiger partial charge is 0.319 e. The minimum Gasteiger partial charge on any atom is -0.331 e. The van der Waals surface area contributed by atoms with E-state index < -0.39 is 0 Å². The molecule has 0 unspecified atom stereocenters. The van der Waals surface area contributed by atoms with E-state index in [1.807, 2.05) is 9.42 Å². The van der Waals surface area contributed by atoms with Crippen molar-refractivity contribution >= 4 is 22.3 Å². The van der Waals surface area contributed by atoms with Gasteiger partial charge in [-0.2, -0.15) is 5.10 Å². The van der Waals surface area contributed by atoms with Gasteiger partial charge in [-0.15, -0.1) is 0 Å². The second-order valence-corrected chi connectivity index (χ2v) is 5.10. The van der Waals surface area contributed by atoms with Gasteiger partial charge in [0.05, 0.1) is 17.9 Å². The summed E-state index contributed by atoms with van der Waals surface area (Å²) in [6.07, 6.45) is 0.811. The molecule has 0 radical (unpaired) electrons. The first-order chi connectivity index (χ1) is 8.16. The molecule has 0 fully saturated rings. The fourth-order valence-corrected chi connectivity index (χ4v) is 2.74. The lowest BCUT2D eigenvalue weighted by Crippen LogP contribution is -2.42. The number of aromatic nitrogens is 3. The normalized spacial score (nSPS) is 15.1. The summed E-state index contributed by atoms with van der Waals surface area (Å²) < 4.78 is 1.84. The predicted octanol–water partition coefficient (Wildman–Crippen LogP) is 0.831. The first-order valence-electron chi connectivity index (χ1n) is 5.43. The third-order valence-corrected chi connectivity index (χ3v) is 3.61. The molecule has 0 saturated heterocycles. The highest BCUT2D eigenvalue weighted by atomic mass is 32.1. The van der Waals surface area contributed by atoms with Crippen LogP contribution >= 0.6 is 11.3 Å². The summed E-state index contributed by atoms with van der Waals surface area (Å²) in [5.41, 5.74) is 3.89. The third-order valence-electron chi connectivity index (χ3n) is 2.93. The molecule has 0 aromatic carbocycles. The molecule has 2 aromatic rings. The molecule has 3 heterocycles. The Morgan fingerprint density at radius 2 is 2.35 bits per heavy atom. The zero-order chi connectivity index (χ0) is 12.0. The van der Waals surface area contributed by atoms with Gasteiger partial charge in [0.2, 0.25) is 4.96 Å². The average molecular weight is 251 g/mol. The number of urea groups is 1. The van der Waals surface area contributed by atoms with Crippen LogP contribution in [0, 0.1) is 0 Å². The molecule has 0 atom stereocenters. The molecule has 0 aliphatic carbocycles. The molecule has 0 bridgehead atoms. The van der Waals surface area contributed by atoms with Crippen LogP contribution < -0.4 is 0 Å². The van der Waals surface area contributed by atoms with Crippen LogP contribution in [0.2, 0.25) is 0 Å². The Morgan fingerprint density at radius 1 is 1.53 bits per heavy atom. The maximum atomic E-state index is 11.9. The fourth-order valence-electron chi connectivity index (χ4n) is 2.08. The quantitative estimate of drug-likeness (QED) is 0.697. The van der Waals surface area contributed by atoms with Gasteiger partial charge in [-0.25, -0.2) is 14.3 Å². The molecule has 3 rings (SSSR count). The van der Waals surface area contributed by atoms with E-state index in [1.54, 1.807) is 24.5 Å². The van der Waals surface area contributed by atoms with Crippen LogP contribution in [0.25, 0.3) is 4.96 Å². The lowest BCUT2D eigenvalue weighted by atomic mass is 10.1. The van der Waals surface area contributed by atoms with Gasteiger partial charge in [0, 0.05) is 27.1 Å². The van der Waals surface area contributed by atoms with Gasteiger partial charge < -0.3 is 9.80 Å². The highest BCUT2D eigenvalue weighted by molar-refractivity contribution is 7.14. The molecule has 0 saturated carbocycles. The Balaban J connectivity index is 1.95. The number of amides is 2. The first-order valence-corrected chi connectivity index (χ1v) is 6.31. The van der Waals surface area contributed by atoms with Crippen molar-refractivity contribution in [2.24, 2.45) is 0 Å². The van der Waals surface area contributed by atoms with Crippen molar-refractivity contribution in [3.05, 3.63) is 16.9 Å². The fraction of sp³-hybridized carbons (Fsp3) is 0.500. The first kappa shape index (κ1) is 10.5. The molecule has 7 heteroatoms. The summed E-state index contributed by atoms with van der Waals surface area (Å²) in [5, 5.41) is 4.25. The SMILES string of the molecule is CN(C)C(=O)N1CCc2nc3scnn3c2C1. The van der Waals surface area contributed by atoms with Crippen LogP contribution in [0.4, 0.5) is 4.79 Å². The van der Waals surface area contributed by atoms with Crippen LogP contribution in [0.15, 0.2) is 5.51 Å². The summed E-state index contributed by atoms with van der Waals surface area (Å²) in [4.78, 5) is 20.8. The van der Waals surface area contributed by atoms with E-state index in [0.717, 1.165) is 29.3 Å². The zero-order valence-electron chi connectivity index (χ0n) is 9.75. The Hall–Kier alpha value is -1.63. The minimum absolute atomic E-state index is 0.0424. The molecule has 1 aliphatic rings. The Kier molecular flexibility index (Phi) is 2.29. The van der Waals surface area contributed by atoms with Gasteiger partial charge in [0.1, 0.15) is 5.51 Å². The number of rotatable bonds is 0. The average Bonchev–Trinajstić information content (AvgIpc) is 2.87. The second kappa shape index (κ2) is 3.69. The molecule has 0 spiro atoms. The second-order valence-electron chi connectivity index (χ2n) is 4.29. The van der Waals surface area contributed by atoms with Gasteiger partial charge in [-0.05, 0) is 0 Å². The van der Waals surface area contributed by atoms with E-state index in [9.17, 15) is 4.79 Å². The Morgan fingerprint density at radius 3 is 3.12 bits per heavy atom. The monoisotopic (exact) mass is 251 g/mol. The predicted molar refractivity (Wildman–Crippen MR) is 64.1 cm³/mol. The Bertz CT molecular complexity index is 572. The van der Waals surface area contributed by atoms with E-state index in [-0.39, 0.29) is 6.03 Å². The van der Waals surface area contributed by atoms with E-state index >= 15 is 0 Å². The van der Waals surface area contributed by atoms with E-state index in [2.05, 4.69) is 10.1 Å². The number of hydrogen-bond donors (Lipinski definition) is 0. The summed E-state index contributed by atoms with van der Waals surface area (Å²) in [6.45, 7) is 1.33. The van der Waals surface area contributed by atoms with Crippen molar-refractivity contribution in [3.63, 3.8) is 0 Å². The van der Waals surface area contributed by atoms with Crippen molar-refractivity contribution in [1.82, 2.24) is 24.4 Å². The number of hydrogen-bond acceptors (Lipinski definition) is 4.